The fourth-order valence-electron chi connectivity index (χ4n) is 2.87. The molecule has 0 aliphatic heterocycles. The van der Waals surface area contributed by atoms with Gasteiger partial charge in [-0.3, -0.25) is 4.79 Å². The maximum absolute atomic E-state index is 13.0. The Bertz CT molecular complexity index is 998. The molecule has 0 saturated heterocycles. The lowest BCUT2D eigenvalue weighted by molar-refractivity contribution is 0.102. The van der Waals surface area contributed by atoms with Crippen LogP contribution in [0.1, 0.15) is 23.8 Å². The number of para-hydroxylation sites is 2. The quantitative estimate of drug-likeness (QED) is 0.599. The number of nitrogens with one attached hydrogen (secondary N) is 2. The van der Waals surface area contributed by atoms with Crippen LogP contribution in [0.5, 0.6) is 17.2 Å². The topological polar surface area (TPSA) is 94.6 Å². The smallest absolute Gasteiger partial charge is 0.278 e. The van der Waals surface area contributed by atoms with Gasteiger partial charge in [0.2, 0.25) is 5.75 Å². The van der Waals surface area contributed by atoms with Crippen molar-refractivity contribution in [1.29, 1.82) is 0 Å². The van der Waals surface area contributed by atoms with E-state index in [9.17, 15) is 4.79 Å². The number of benzene rings is 2. The van der Waals surface area contributed by atoms with E-state index in [0.717, 1.165) is 11.9 Å². The molecule has 0 saturated carbocycles. The Balaban J connectivity index is 1.99. The molecule has 0 radical (unpaired) electrons. The average Bonchev–Trinajstić information content (AvgIpc) is 2.76. The van der Waals surface area contributed by atoms with Crippen LogP contribution in [0.25, 0.3) is 11.0 Å². The maximum atomic E-state index is 13.0. The van der Waals surface area contributed by atoms with Crippen molar-refractivity contribution in [3.8, 4) is 17.2 Å². The highest BCUT2D eigenvalue weighted by molar-refractivity contribution is 6.07. The summed E-state index contributed by atoms with van der Waals surface area (Å²) in [5.74, 6) is 1.38. The number of fused-ring (bicyclic) bond motifs is 1. The summed E-state index contributed by atoms with van der Waals surface area (Å²) in [5.41, 5.74) is 2.06. The summed E-state index contributed by atoms with van der Waals surface area (Å²) in [6, 6.07) is 10.7. The van der Waals surface area contributed by atoms with Crippen molar-refractivity contribution in [2.75, 3.05) is 38.5 Å². The molecule has 8 heteroatoms. The van der Waals surface area contributed by atoms with E-state index in [1.165, 1.54) is 21.3 Å². The zero-order valence-corrected chi connectivity index (χ0v) is 16.9. The number of rotatable bonds is 8. The third kappa shape index (κ3) is 4.31. The molecule has 1 aromatic heterocycles. The molecule has 1 amide bonds. The minimum absolute atomic E-state index is 0.214. The van der Waals surface area contributed by atoms with Crippen LogP contribution in [0.15, 0.2) is 36.4 Å². The predicted octanol–water partition coefficient (Wildman–Crippen LogP) is 3.73. The van der Waals surface area contributed by atoms with Gasteiger partial charge in [0.05, 0.1) is 32.4 Å². The average molecular weight is 396 g/mol. The number of hydrogen-bond acceptors (Lipinski definition) is 7. The molecule has 0 fully saturated rings. The van der Waals surface area contributed by atoms with Gasteiger partial charge in [0.1, 0.15) is 0 Å². The molecule has 0 aliphatic carbocycles. The van der Waals surface area contributed by atoms with Crippen LogP contribution in [-0.2, 0) is 0 Å². The number of anilines is 2. The van der Waals surface area contributed by atoms with Crippen LogP contribution >= 0.6 is 0 Å². The SMILES string of the molecule is CCCNc1nc2ccccc2nc1C(=O)Nc1cc(OC)c(OC)c(OC)c1. The molecule has 152 valence electrons. The minimum Gasteiger partial charge on any atom is -0.493 e. The molecule has 29 heavy (non-hydrogen) atoms. The summed E-state index contributed by atoms with van der Waals surface area (Å²) in [5, 5.41) is 6.02. The molecule has 0 aliphatic rings. The van der Waals surface area contributed by atoms with Gasteiger partial charge in [0.15, 0.2) is 23.0 Å². The zero-order valence-electron chi connectivity index (χ0n) is 16.9. The largest absolute Gasteiger partial charge is 0.493 e. The normalized spacial score (nSPS) is 10.5. The Morgan fingerprint density at radius 3 is 2.14 bits per heavy atom. The lowest BCUT2D eigenvalue weighted by Crippen LogP contribution is -2.18. The molecule has 2 N–H and O–H groups in total. The fraction of sp³-hybridized carbons (Fsp3) is 0.286. The van der Waals surface area contributed by atoms with Crippen LogP contribution in [-0.4, -0.2) is 43.7 Å². The highest BCUT2D eigenvalue weighted by atomic mass is 16.5. The number of methoxy groups -OCH3 is 3. The van der Waals surface area contributed by atoms with Gasteiger partial charge in [-0.1, -0.05) is 19.1 Å². The zero-order chi connectivity index (χ0) is 20.8. The Morgan fingerprint density at radius 1 is 0.966 bits per heavy atom. The lowest BCUT2D eigenvalue weighted by atomic mass is 10.2. The van der Waals surface area contributed by atoms with E-state index < -0.39 is 5.91 Å². The molecule has 3 aromatic rings. The summed E-state index contributed by atoms with van der Waals surface area (Å²) >= 11 is 0. The van der Waals surface area contributed by atoms with E-state index in [-0.39, 0.29) is 5.69 Å². The number of aromatic nitrogens is 2. The fourth-order valence-corrected chi connectivity index (χ4v) is 2.87. The summed E-state index contributed by atoms with van der Waals surface area (Å²) in [6.07, 6.45) is 0.891. The van der Waals surface area contributed by atoms with E-state index in [2.05, 4.69) is 20.6 Å². The van der Waals surface area contributed by atoms with Gasteiger partial charge >= 0.3 is 0 Å². The summed E-state index contributed by atoms with van der Waals surface area (Å²) in [6.45, 7) is 2.72. The number of hydrogen-bond donors (Lipinski definition) is 2. The van der Waals surface area contributed by atoms with Gasteiger partial charge in [-0.25, -0.2) is 9.97 Å². The van der Waals surface area contributed by atoms with E-state index in [1.807, 2.05) is 31.2 Å². The lowest BCUT2D eigenvalue weighted by Gasteiger charge is -2.15. The summed E-state index contributed by atoms with van der Waals surface area (Å²) in [4.78, 5) is 22.1. The molecular weight excluding hydrogens is 372 g/mol. The van der Waals surface area contributed by atoms with Crippen LogP contribution in [0, 0.1) is 0 Å². The third-order valence-corrected chi connectivity index (χ3v) is 4.25. The first-order chi connectivity index (χ1) is 14.1. The first kappa shape index (κ1) is 20.2. The standard InChI is InChI=1S/C21H24N4O4/c1-5-10-22-20-18(24-14-8-6-7-9-15(14)25-20)21(26)23-13-11-16(27-2)19(29-4)17(12-13)28-3/h6-9,11-12H,5,10H2,1-4H3,(H,22,25)(H,23,26). The van der Waals surface area contributed by atoms with Gasteiger partial charge < -0.3 is 24.8 Å². The maximum Gasteiger partial charge on any atom is 0.278 e. The highest BCUT2D eigenvalue weighted by Crippen LogP contribution is 2.40. The van der Waals surface area contributed by atoms with Gasteiger partial charge in [0.25, 0.3) is 5.91 Å². The molecule has 0 atom stereocenters. The van der Waals surface area contributed by atoms with E-state index >= 15 is 0 Å². The Morgan fingerprint density at radius 2 is 1.59 bits per heavy atom. The molecular formula is C21H24N4O4. The summed E-state index contributed by atoms with van der Waals surface area (Å²) in [7, 11) is 4.56. The monoisotopic (exact) mass is 396 g/mol. The highest BCUT2D eigenvalue weighted by Gasteiger charge is 2.19. The van der Waals surface area contributed by atoms with E-state index in [1.54, 1.807) is 12.1 Å². The number of nitrogens with zero attached hydrogens (tertiary/aromatic N) is 2. The Labute approximate surface area is 169 Å². The molecule has 0 spiro atoms. The molecule has 2 aromatic carbocycles. The van der Waals surface area contributed by atoms with Gasteiger partial charge in [0, 0.05) is 24.4 Å². The van der Waals surface area contributed by atoms with Crippen LogP contribution in [0.2, 0.25) is 0 Å². The van der Waals surface area contributed by atoms with Crippen molar-refractivity contribution in [2.45, 2.75) is 13.3 Å². The van der Waals surface area contributed by atoms with Crippen molar-refractivity contribution >= 4 is 28.4 Å². The Kier molecular flexibility index (Phi) is 6.33. The van der Waals surface area contributed by atoms with Crippen LogP contribution in [0.4, 0.5) is 11.5 Å². The Hall–Kier alpha value is -3.55. The van der Waals surface area contributed by atoms with E-state index in [0.29, 0.717) is 40.8 Å². The number of amides is 1. The van der Waals surface area contributed by atoms with Crippen molar-refractivity contribution in [2.24, 2.45) is 0 Å². The van der Waals surface area contributed by atoms with Gasteiger partial charge in [-0.05, 0) is 18.6 Å². The molecule has 0 bridgehead atoms. The first-order valence-electron chi connectivity index (χ1n) is 9.23. The number of ether oxygens (including phenoxy) is 3. The third-order valence-electron chi connectivity index (χ3n) is 4.25. The van der Waals surface area contributed by atoms with Gasteiger partial charge in [-0.15, -0.1) is 0 Å². The van der Waals surface area contributed by atoms with E-state index in [4.69, 9.17) is 14.2 Å². The predicted molar refractivity (Wildman–Crippen MR) is 112 cm³/mol. The van der Waals surface area contributed by atoms with Crippen LogP contribution < -0.4 is 24.8 Å². The molecule has 3 rings (SSSR count). The summed E-state index contributed by atoms with van der Waals surface area (Å²) < 4.78 is 16.0. The molecule has 1 heterocycles. The molecule has 0 unspecified atom stereocenters. The van der Waals surface area contributed by atoms with Gasteiger partial charge in [-0.2, -0.15) is 0 Å². The first-order valence-corrected chi connectivity index (χ1v) is 9.23. The van der Waals surface area contributed by atoms with Crippen molar-refractivity contribution in [3.63, 3.8) is 0 Å². The van der Waals surface area contributed by atoms with Crippen molar-refractivity contribution in [1.82, 2.24) is 9.97 Å². The van der Waals surface area contributed by atoms with Crippen molar-refractivity contribution < 1.29 is 19.0 Å². The van der Waals surface area contributed by atoms with Crippen LogP contribution in [0.3, 0.4) is 0 Å². The second-order valence-corrected chi connectivity index (χ2v) is 6.20. The number of carbonyl (C=O) groups is 1. The second-order valence-electron chi connectivity index (χ2n) is 6.20. The van der Waals surface area contributed by atoms with Crippen molar-refractivity contribution in [3.05, 3.63) is 42.1 Å². The number of carbonyl (C=O) groups excluding carboxylic acids is 1. The molecule has 8 nitrogen and oxygen atoms in total. The second kappa shape index (κ2) is 9.09. The minimum atomic E-state index is -0.392.